The van der Waals surface area contributed by atoms with Gasteiger partial charge in [-0.25, -0.2) is 5.90 Å². The third-order valence-corrected chi connectivity index (χ3v) is 2.52. The van der Waals surface area contributed by atoms with E-state index in [0.29, 0.717) is 12.3 Å². The number of H-pyrrole nitrogens is 1. The van der Waals surface area contributed by atoms with E-state index in [9.17, 15) is 10.1 Å². The second-order valence-electron chi connectivity index (χ2n) is 3.49. The smallest absolute Gasteiger partial charge is 0.342 e. The van der Waals surface area contributed by atoms with Crippen LogP contribution in [0.25, 0.3) is 0 Å². The van der Waals surface area contributed by atoms with Gasteiger partial charge in [0, 0.05) is 5.41 Å². The van der Waals surface area contributed by atoms with E-state index in [4.69, 9.17) is 5.90 Å². The minimum Gasteiger partial charge on any atom is -0.358 e. The van der Waals surface area contributed by atoms with Crippen LogP contribution >= 0.6 is 0 Å². The Balaban J connectivity index is 2.20. The lowest BCUT2D eigenvalue weighted by Gasteiger charge is -2.07. The van der Waals surface area contributed by atoms with Crippen LogP contribution in [0.15, 0.2) is 6.07 Å². The summed E-state index contributed by atoms with van der Waals surface area (Å²) in [5.74, 6) is 4.89. The molecule has 1 heterocycles. The fourth-order valence-electron chi connectivity index (χ4n) is 1.46. The summed E-state index contributed by atoms with van der Waals surface area (Å²) >= 11 is 0. The highest BCUT2D eigenvalue weighted by atomic mass is 16.6. The van der Waals surface area contributed by atoms with Crippen LogP contribution in [0.2, 0.25) is 0 Å². The largest absolute Gasteiger partial charge is 0.358 e. The van der Waals surface area contributed by atoms with Crippen LogP contribution in [0.4, 0.5) is 5.82 Å². The quantitative estimate of drug-likeness (QED) is 0.532. The van der Waals surface area contributed by atoms with Crippen molar-refractivity contribution in [2.75, 3.05) is 6.61 Å². The number of hydrogen-bond acceptors (Lipinski definition) is 5. The van der Waals surface area contributed by atoms with Crippen molar-refractivity contribution in [2.45, 2.75) is 18.3 Å². The Bertz CT molecular complexity index is 358. The van der Waals surface area contributed by atoms with E-state index in [-0.39, 0.29) is 11.2 Å². The monoisotopic (exact) mass is 198 g/mol. The van der Waals surface area contributed by atoms with Gasteiger partial charge in [-0.2, -0.15) is 0 Å². The molecule has 0 spiro atoms. The highest BCUT2D eigenvalue weighted by Gasteiger charge is 2.48. The van der Waals surface area contributed by atoms with Crippen molar-refractivity contribution >= 4 is 5.82 Å². The maximum atomic E-state index is 10.4. The summed E-state index contributed by atoms with van der Waals surface area (Å²) in [5, 5.41) is 16.7. The average Bonchev–Trinajstić information content (AvgIpc) is 2.77. The molecule has 1 aliphatic carbocycles. The van der Waals surface area contributed by atoms with Crippen molar-refractivity contribution in [3.8, 4) is 0 Å². The summed E-state index contributed by atoms with van der Waals surface area (Å²) in [6.45, 7) is 0.356. The Hall–Kier alpha value is -1.47. The van der Waals surface area contributed by atoms with Gasteiger partial charge in [-0.3, -0.25) is 0 Å². The molecule has 1 aliphatic rings. The Kier molecular flexibility index (Phi) is 1.97. The van der Waals surface area contributed by atoms with E-state index in [1.165, 1.54) is 6.07 Å². The Morgan fingerprint density at radius 3 is 2.93 bits per heavy atom. The van der Waals surface area contributed by atoms with E-state index in [0.717, 1.165) is 12.8 Å². The minimum atomic E-state index is -0.504. The van der Waals surface area contributed by atoms with Crippen LogP contribution in [0.5, 0.6) is 0 Å². The maximum Gasteiger partial charge on any atom is 0.342 e. The van der Waals surface area contributed by atoms with Crippen molar-refractivity contribution < 1.29 is 9.76 Å². The molecule has 0 bridgehead atoms. The number of nitrogens with zero attached hydrogens (tertiary/aromatic N) is 2. The van der Waals surface area contributed by atoms with Crippen LogP contribution in [0, 0.1) is 10.1 Å². The third-order valence-electron chi connectivity index (χ3n) is 2.52. The normalized spacial score (nSPS) is 18.1. The second kappa shape index (κ2) is 3.03. The van der Waals surface area contributed by atoms with Crippen LogP contribution in [-0.2, 0) is 10.3 Å². The van der Waals surface area contributed by atoms with Gasteiger partial charge in [0.1, 0.15) is 5.69 Å². The molecular formula is C7H10N4O3. The molecule has 0 radical (unpaired) electrons. The van der Waals surface area contributed by atoms with Crippen LogP contribution in [-0.4, -0.2) is 21.7 Å². The minimum absolute atomic E-state index is 0.0942. The van der Waals surface area contributed by atoms with E-state index in [2.05, 4.69) is 15.0 Å². The van der Waals surface area contributed by atoms with Gasteiger partial charge in [0.25, 0.3) is 0 Å². The van der Waals surface area contributed by atoms with Gasteiger partial charge in [0.15, 0.2) is 0 Å². The second-order valence-corrected chi connectivity index (χ2v) is 3.49. The number of rotatable bonds is 4. The molecule has 1 fully saturated rings. The van der Waals surface area contributed by atoms with Crippen molar-refractivity contribution in [3.05, 3.63) is 21.9 Å². The average molecular weight is 198 g/mol. The predicted molar refractivity (Wildman–Crippen MR) is 46.3 cm³/mol. The van der Waals surface area contributed by atoms with Crippen molar-refractivity contribution in [1.82, 2.24) is 10.2 Å². The molecule has 0 aliphatic heterocycles. The molecule has 76 valence electrons. The van der Waals surface area contributed by atoms with Crippen molar-refractivity contribution in [1.29, 1.82) is 0 Å². The summed E-state index contributed by atoms with van der Waals surface area (Å²) in [6, 6.07) is 1.44. The first-order valence-electron chi connectivity index (χ1n) is 4.20. The molecule has 0 atom stereocenters. The van der Waals surface area contributed by atoms with E-state index in [1.54, 1.807) is 0 Å². The molecule has 3 N–H and O–H groups in total. The fourth-order valence-corrected chi connectivity index (χ4v) is 1.46. The summed E-state index contributed by atoms with van der Waals surface area (Å²) in [4.78, 5) is 14.5. The van der Waals surface area contributed by atoms with E-state index in [1.807, 2.05) is 0 Å². The van der Waals surface area contributed by atoms with Crippen molar-refractivity contribution in [3.63, 3.8) is 0 Å². The lowest BCUT2D eigenvalue weighted by Crippen LogP contribution is -2.18. The van der Waals surface area contributed by atoms with E-state index < -0.39 is 4.92 Å². The Morgan fingerprint density at radius 1 is 1.79 bits per heavy atom. The highest BCUT2D eigenvalue weighted by molar-refractivity contribution is 5.31. The van der Waals surface area contributed by atoms with E-state index >= 15 is 0 Å². The highest BCUT2D eigenvalue weighted by Crippen LogP contribution is 2.47. The molecule has 2 rings (SSSR count). The van der Waals surface area contributed by atoms with Gasteiger partial charge in [-0.1, -0.05) is 5.10 Å². The van der Waals surface area contributed by atoms with Gasteiger partial charge in [-0.15, -0.1) is 5.10 Å². The lowest BCUT2D eigenvalue weighted by atomic mass is 10.0. The van der Waals surface area contributed by atoms with Crippen LogP contribution in [0.1, 0.15) is 18.5 Å². The fraction of sp³-hybridized carbons (Fsp3) is 0.571. The Labute approximate surface area is 79.3 Å². The zero-order valence-electron chi connectivity index (χ0n) is 7.40. The number of nitrogens with two attached hydrogens (primary N) is 1. The first kappa shape index (κ1) is 9.10. The molecule has 1 saturated carbocycles. The predicted octanol–water partition coefficient (Wildman–Crippen LogP) is 0.240. The zero-order chi connectivity index (χ0) is 10.2. The molecule has 0 saturated heterocycles. The number of aromatic nitrogens is 2. The third kappa shape index (κ3) is 1.36. The number of nitro groups is 1. The maximum absolute atomic E-state index is 10.4. The van der Waals surface area contributed by atoms with Gasteiger partial charge in [0.2, 0.25) is 0 Å². The molecule has 0 aromatic carbocycles. The van der Waals surface area contributed by atoms with Crippen LogP contribution in [0.3, 0.4) is 0 Å². The molecule has 7 nitrogen and oxygen atoms in total. The first-order chi connectivity index (χ1) is 6.68. The first-order valence-corrected chi connectivity index (χ1v) is 4.20. The molecule has 0 unspecified atom stereocenters. The van der Waals surface area contributed by atoms with Gasteiger partial charge in [0.05, 0.1) is 12.7 Å². The summed E-state index contributed by atoms with van der Waals surface area (Å²) in [7, 11) is 0. The lowest BCUT2D eigenvalue weighted by molar-refractivity contribution is -0.389. The standard InChI is InChI=1S/C7H10N4O3/c8-14-4-7(1-2-7)5-3-6(10-9-5)11(12)13/h3H,1-2,4,8H2,(H,9,10). The number of aromatic amines is 1. The summed E-state index contributed by atoms with van der Waals surface area (Å²) < 4.78 is 0. The molecular weight excluding hydrogens is 188 g/mol. The molecule has 14 heavy (non-hydrogen) atoms. The molecule has 0 amide bonds. The summed E-state index contributed by atoms with van der Waals surface area (Å²) in [6.07, 6.45) is 1.82. The zero-order valence-corrected chi connectivity index (χ0v) is 7.40. The van der Waals surface area contributed by atoms with Crippen LogP contribution < -0.4 is 5.90 Å². The molecule has 1 aromatic rings. The molecule has 1 aromatic heterocycles. The van der Waals surface area contributed by atoms with Gasteiger partial charge in [-0.05, 0) is 17.8 Å². The van der Waals surface area contributed by atoms with Crippen molar-refractivity contribution in [2.24, 2.45) is 5.90 Å². The molecule has 7 heteroatoms. The number of hydrogen-bond donors (Lipinski definition) is 2. The Morgan fingerprint density at radius 2 is 2.50 bits per heavy atom. The topological polar surface area (TPSA) is 107 Å². The summed E-state index contributed by atoms with van der Waals surface area (Å²) in [5.41, 5.74) is 0.467. The van der Waals surface area contributed by atoms with Gasteiger partial charge < -0.3 is 15.0 Å². The number of nitrogens with one attached hydrogen (secondary N) is 1. The SMILES string of the molecule is NOCC1(c2cc([N+](=O)[O-])[nH]n2)CC1. The van der Waals surface area contributed by atoms with Gasteiger partial charge >= 0.3 is 5.82 Å².